The molecule has 0 amide bonds. The first kappa shape index (κ1) is 16.9. The van der Waals surface area contributed by atoms with E-state index in [-0.39, 0.29) is 11.0 Å². The average molecular weight is 319 g/mol. The average Bonchev–Trinajstić information content (AvgIpc) is 3.12. The van der Waals surface area contributed by atoms with Crippen molar-refractivity contribution >= 4 is 0 Å². The summed E-state index contributed by atoms with van der Waals surface area (Å²) in [5.41, 5.74) is 0.929. The zero-order valence-electron chi connectivity index (χ0n) is 14.3. The van der Waals surface area contributed by atoms with Gasteiger partial charge in [-0.25, -0.2) is 0 Å². The van der Waals surface area contributed by atoms with Gasteiger partial charge in [0.15, 0.2) is 0 Å². The van der Waals surface area contributed by atoms with Crippen LogP contribution in [0.5, 0.6) is 0 Å². The lowest BCUT2D eigenvalue weighted by Gasteiger charge is -2.39. The minimum atomic E-state index is -0.383. The normalized spacial score (nSPS) is 28.9. The predicted octanol–water partition coefficient (Wildman–Crippen LogP) is 2.72. The van der Waals surface area contributed by atoms with Gasteiger partial charge in [0.05, 0.1) is 25.9 Å². The molecule has 4 nitrogen and oxygen atoms in total. The molecule has 1 N–H and O–H groups in total. The van der Waals surface area contributed by atoms with Gasteiger partial charge in [0.25, 0.3) is 0 Å². The minimum absolute atomic E-state index is 0.129. The van der Waals surface area contributed by atoms with E-state index in [1.165, 1.54) is 12.0 Å². The Morgan fingerprint density at radius 1 is 1.17 bits per heavy atom. The lowest BCUT2D eigenvalue weighted by Crippen LogP contribution is -2.50. The van der Waals surface area contributed by atoms with Crippen LogP contribution in [0.1, 0.15) is 32.3 Å². The Hall–Kier alpha value is -0.940. The monoisotopic (exact) mass is 319 g/mol. The molecule has 1 aromatic rings. The van der Waals surface area contributed by atoms with Gasteiger partial charge in [-0.05, 0) is 18.4 Å². The molecule has 1 aromatic carbocycles. The molecule has 2 unspecified atom stereocenters. The van der Waals surface area contributed by atoms with Gasteiger partial charge in [-0.2, -0.15) is 0 Å². The summed E-state index contributed by atoms with van der Waals surface area (Å²) >= 11 is 0. The van der Waals surface area contributed by atoms with Crippen LogP contribution in [0.15, 0.2) is 30.3 Å². The Labute approximate surface area is 139 Å². The van der Waals surface area contributed by atoms with E-state index < -0.39 is 0 Å². The number of benzene rings is 1. The maximum atomic E-state index is 6.17. The molecular weight excluding hydrogens is 290 g/mol. The molecule has 0 aromatic heterocycles. The topological polar surface area (TPSA) is 39.7 Å². The third-order valence-corrected chi connectivity index (χ3v) is 5.03. The van der Waals surface area contributed by atoms with Gasteiger partial charge in [0, 0.05) is 25.1 Å². The predicted molar refractivity (Wildman–Crippen MR) is 90.5 cm³/mol. The highest BCUT2D eigenvalue weighted by Gasteiger charge is 2.38. The van der Waals surface area contributed by atoms with Gasteiger partial charge in [-0.15, -0.1) is 0 Å². The van der Waals surface area contributed by atoms with E-state index in [2.05, 4.69) is 43.4 Å². The second-order valence-electron chi connectivity index (χ2n) is 7.36. The van der Waals surface area contributed by atoms with Crippen molar-refractivity contribution in [1.29, 1.82) is 0 Å². The molecular formula is C19H29NO3. The van der Waals surface area contributed by atoms with Crippen LogP contribution in [-0.2, 0) is 19.8 Å². The summed E-state index contributed by atoms with van der Waals surface area (Å²) in [4.78, 5) is 0. The Morgan fingerprint density at radius 3 is 2.65 bits per heavy atom. The molecule has 2 aliphatic heterocycles. The van der Waals surface area contributed by atoms with Crippen LogP contribution in [0.25, 0.3) is 0 Å². The zero-order valence-corrected chi connectivity index (χ0v) is 14.3. The molecule has 128 valence electrons. The smallest absolute Gasteiger partial charge is 0.129 e. The Morgan fingerprint density at radius 2 is 2.00 bits per heavy atom. The molecule has 0 aliphatic carbocycles. The van der Waals surface area contributed by atoms with Crippen LogP contribution in [0.2, 0.25) is 0 Å². The highest BCUT2D eigenvalue weighted by molar-refractivity contribution is 5.24. The maximum absolute atomic E-state index is 6.17. The van der Waals surface area contributed by atoms with Crippen molar-refractivity contribution in [3.8, 4) is 0 Å². The van der Waals surface area contributed by atoms with Gasteiger partial charge in [0.1, 0.15) is 5.60 Å². The van der Waals surface area contributed by atoms with Crippen LogP contribution in [0.3, 0.4) is 0 Å². The molecule has 0 saturated carbocycles. The molecule has 3 rings (SSSR count). The summed E-state index contributed by atoms with van der Waals surface area (Å²) < 4.78 is 17.8. The molecule has 23 heavy (non-hydrogen) atoms. The molecule has 4 heteroatoms. The van der Waals surface area contributed by atoms with Gasteiger partial charge in [0.2, 0.25) is 0 Å². The quantitative estimate of drug-likeness (QED) is 0.875. The van der Waals surface area contributed by atoms with Gasteiger partial charge < -0.3 is 19.5 Å². The molecule has 2 aliphatic rings. The van der Waals surface area contributed by atoms with Crippen LogP contribution in [0, 0.1) is 5.41 Å². The summed E-state index contributed by atoms with van der Waals surface area (Å²) in [6.07, 6.45) is 2.70. The van der Waals surface area contributed by atoms with Crippen molar-refractivity contribution in [2.24, 2.45) is 5.41 Å². The molecule has 2 atom stereocenters. The fraction of sp³-hybridized carbons (Fsp3) is 0.684. The third kappa shape index (κ3) is 3.94. The highest BCUT2D eigenvalue weighted by atomic mass is 16.6. The zero-order chi connectivity index (χ0) is 16.2. The first-order chi connectivity index (χ1) is 11.1. The van der Waals surface area contributed by atoms with Crippen LogP contribution in [0.4, 0.5) is 0 Å². The highest BCUT2D eigenvalue weighted by Crippen LogP contribution is 2.32. The van der Waals surface area contributed by atoms with Crippen LogP contribution < -0.4 is 5.32 Å². The van der Waals surface area contributed by atoms with Crippen molar-refractivity contribution in [3.63, 3.8) is 0 Å². The SMILES string of the molecule is CC(C)(CNCC1(c2ccccc2)COCCO1)C1CCCO1. The van der Waals surface area contributed by atoms with Crippen molar-refractivity contribution in [2.45, 2.75) is 38.4 Å². The number of hydrogen-bond donors (Lipinski definition) is 1. The van der Waals surface area contributed by atoms with Crippen LogP contribution in [-0.4, -0.2) is 45.6 Å². The van der Waals surface area contributed by atoms with E-state index in [4.69, 9.17) is 14.2 Å². The molecule has 0 spiro atoms. The standard InChI is InChI=1S/C19H29NO3/c1-18(2,17-9-6-10-22-17)13-20-14-19(15-21-11-12-23-19)16-7-4-3-5-8-16/h3-5,7-8,17,20H,6,9-15H2,1-2H3. The summed E-state index contributed by atoms with van der Waals surface area (Å²) in [6.45, 7) is 9.06. The van der Waals surface area contributed by atoms with E-state index in [1.54, 1.807) is 0 Å². The number of hydrogen-bond acceptors (Lipinski definition) is 4. The molecule has 2 saturated heterocycles. The van der Waals surface area contributed by atoms with Crippen molar-refractivity contribution in [3.05, 3.63) is 35.9 Å². The Balaban J connectivity index is 1.63. The van der Waals surface area contributed by atoms with Gasteiger partial charge in [-0.3, -0.25) is 0 Å². The fourth-order valence-corrected chi connectivity index (χ4v) is 3.58. The van der Waals surface area contributed by atoms with Crippen molar-refractivity contribution < 1.29 is 14.2 Å². The van der Waals surface area contributed by atoms with Gasteiger partial charge >= 0.3 is 0 Å². The Kier molecular flexibility index (Phi) is 5.37. The minimum Gasteiger partial charge on any atom is -0.378 e. The summed E-state index contributed by atoms with van der Waals surface area (Å²) in [7, 11) is 0. The first-order valence-corrected chi connectivity index (χ1v) is 8.72. The van der Waals surface area contributed by atoms with E-state index in [9.17, 15) is 0 Å². The van der Waals surface area contributed by atoms with E-state index in [0.29, 0.717) is 25.9 Å². The van der Waals surface area contributed by atoms with E-state index in [1.807, 2.05) is 6.07 Å². The van der Waals surface area contributed by atoms with Crippen molar-refractivity contribution in [1.82, 2.24) is 5.32 Å². The Bertz CT molecular complexity index is 477. The second kappa shape index (κ2) is 7.31. The number of rotatable bonds is 6. The van der Waals surface area contributed by atoms with Gasteiger partial charge in [-0.1, -0.05) is 44.2 Å². The second-order valence-corrected chi connectivity index (χ2v) is 7.36. The molecule has 0 bridgehead atoms. The summed E-state index contributed by atoms with van der Waals surface area (Å²) in [5, 5.41) is 3.63. The maximum Gasteiger partial charge on any atom is 0.129 e. The molecule has 0 radical (unpaired) electrons. The third-order valence-electron chi connectivity index (χ3n) is 5.03. The first-order valence-electron chi connectivity index (χ1n) is 8.72. The number of nitrogens with one attached hydrogen (secondary N) is 1. The molecule has 2 fully saturated rings. The lowest BCUT2D eigenvalue weighted by atomic mass is 9.84. The van der Waals surface area contributed by atoms with E-state index >= 15 is 0 Å². The fourth-order valence-electron chi connectivity index (χ4n) is 3.58. The van der Waals surface area contributed by atoms with E-state index in [0.717, 1.165) is 26.1 Å². The summed E-state index contributed by atoms with van der Waals surface area (Å²) in [6, 6.07) is 10.4. The largest absolute Gasteiger partial charge is 0.378 e. The number of ether oxygens (including phenoxy) is 3. The summed E-state index contributed by atoms with van der Waals surface area (Å²) in [5.74, 6) is 0. The lowest BCUT2D eigenvalue weighted by molar-refractivity contribution is -0.161. The van der Waals surface area contributed by atoms with Crippen LogP contribution >= 0.6 is 0 Å². The van der Waals surface area contributed by atoms with Crippen molar-refractivity contribution in [2.75, 3.05) is 39.5 Å². The molecule has 2 heterocycles.